The molecule has 2 amide bonds. The van der Waals surface area contributed by atoms with Gasteiger partial charge in [-0.15, -0.1) is 0 Å². The van der Waals surface area contributed by atoms with Crippen LogP contribution in [0.2, 0.25) is 0 Å². The summed E-state index contributed by atoms with van der Waals surface area (Å²) in [5.74, 6) is -2.35. The molecule has 0 bridgehead atoms. The Hall–Kier alpha value is -1.59. The Bertz CT molecular complexity index is 364. The molecule has 6 nitrogen and oxygen atoms in total. The molecule has 0 spiro atoms. The van der Waals surface area contributed by atoms with E-state index in [9.17, 15) is 14.4 Å². The van der Waals surface area contributed by atoms with Gasteiger partial charge in [-0.05, 0) is 6.42 Å². The molecule has 0 aromatic carbocycles. The zero-order valence-corrected chi connectivity index (χ0v) is 13.3. The van der Waals surface area contributed by atoms with Crippen LogP contribution >= 0.6 is 0 Å². The maximum absolute atomic E-state index is 11.6. The molecule has 0 fully saturated rings. The number of carboxylic acid groups (broad SMARTS) is 1. The molecule has 0 saturated heterocycles. The predicted octanol–water partition coefficient (Wildman–Crippen LogP) is 2.35. The molecule has 0 radical (unpaired) electrons. The summed E-state index contributed by atoms with van der Waals surface area (Å²) in [5, 5.41) is 11.2. The van der Waals surface area contributed by atoms with Gasteiger partial charge in [-0.3, -0.25) is 9.59 Å². The van der Waals surface area contributed by atoms with E-state index in [1.807, 2.05) is 0 Å². The first kappa shape index (κ1) is 18.5. The van der Waals surface area contributed by atoms with Crippen molar-refractivity contribution < 1.29 is 20.9 Å². The van der Waals surface area contributed by atoms with Gasteiger partial charge in [0.2, 0.25) is 11.8 Å². The van der Waals surface area contributed by atoms with Gasteiger partial charge < -0.3 is 16.2 Å². The smallest absolute Gasteiger partial charge is 0.326 e. The minimum Gasteiger partial charge on any atom is -0.480 e. The van der Waals surface area contributed by atoms with Gasteiger partial charge in [0, 0.05) is 7.79 Å². The number of carbonyl (C=O) groups is 3. The van der Waals surface area contributed by atoms with E-state index in [0.717, 1.165) is 32.1 Å². The van der Waals surface area contributed by atoms with E-state index in [1.54, 1.807) is 0 Å². The Kier molecular flexibility index (Phi) is 11.0. The average molecular weight is 315 g/mol. The number of hydrogen-bond donors (Lipinski definition) is 3. The van der Waals surface area contributed by atoms with Crippen molar-refractivity contribution in [1.82, 2.24) is 5.32 Å². The number of carboxylic acids is 1. The van der Waals surface area contributed by atoms with Crippen molar-refractivity contribution in [3.05, 3.63) is 0 Å². The van der Waals surface area contributed by atoms with E-state index < -0.39 is 17.9 Å². The molecule has 6 heteroatoms. The summed E-state index contributed by atoms with van der Waals surface area (Å²) in [6.07, 6.45) is 9.45. The molecule has 4 N–H and O–H groups in total. The van der Waals surface area contributed by atoms with Gasteiger partial charge in [0.25, 0.3) is 0 Å². The zero-order valence-electron chi connectivity index (χ0n) is 14.3. The fourth-order valence-electron chi connectivity index (χ4n) is 2.19. The molecule has 0 heterocycles. The monoisotopic (exact) mass is 315 g/mol. The number of nitrogens with two attached hydrogens (primary N) is 1. The number of hydrogen-bond acceptors (Lipinski definition) is 3. The molecule has 0 unspecified atom stereocenters. The van der Waals surface area contributed by atoms with Crippen molar-refractivity contribution in [2.75, 3.05) is 0 Å². The molecule has 22 heavy (non-hydrogen) atoms. The lowest BCUT2D eigenvalue weighted by Crippen LogP contribution is -2.43. The second kappa shape index (κ2) is 13.1. The van der Waals surface area contributed by atoms with Gasteiger partial charge in [0.1, 0.15) is 6.04 Å². The number of rotatable bonds is 14. The number of primary amides is 1. The van der Waals surface area contributed by atoms with Crippen molar-refractivity contribution >= 4 is 17.8 Å². The Morgan fingerprint density at radius 1 is 1.05 bits per heavy atom. The van der Waals surface area contributed by atoms with Gasteiger partial charge in [-0.2, -0.15) is 0 Å². The van der Waals surface area contributed by atoms with Crippen LogP contribution in [0.4, 0.5) is 0 Å². The van der Waals surface area contributed by atoms with Crippen molar-refractivity contribution in [3.63, 3.8) is 0 Å². The highest BCUT2D eigenvalue weighted by atomic mass is 16.4. The van der Waals surface area contributed by atoms with Crippen LogP contribution in [-0.2, 0) is 14.4 Å². The van der Waals surface area contributed by atoms with E-state index in [-0.39, 0.29) is 18.7 Å². The largest absolute Gasteiger partial charge is 0.480 e. The van der Waals surface area contributed by atoms with E-state index >= 15 is 0 Å². The lowest BCUT2D eigenvalue weighted by atomic mass is 10.1. The van der Waals surface area contributed by atoms with E-state index in [0.29, 0.717) is 13.3 Å². The topological polar surface area (TPSA) is 109 Å². The SMILES string of the molecule is [2H]CCCCCCCCCCCC(=O)N[C@@H](CC(N)=O)C(=O)O. The predicted molar refractivity (Wildman–Crippen MR) is 85.2 cm³/mol. The molecular formula is C16H30N2O4. The lowest BCUT2D eigenvalue weighted by Gasteiger charge is -2.12. The maximum atomic E-state index is 11.6. The second-order valence-corrected chi connectivity index (χ2v) is 5.56. The highest BCUT2D eigenvalue weighted by Gasteiger charge is 2.21. The van der Waals surface area contributed by atoms with Gasteiger partial charge in [-0.1, -0.05) is 58.3 Å². The van der Waals surface area contributed by atoms with Gasteiger partial charge in [0.15, 0.2) is 0 Å². The lowest BCUT2D eigenvalue weighted by molar-refractivity contribution is -0.143. The third kappa shape index (κ3) is 12.2. The van der Waals surface area contributed by atoms with Gasteiger partial charge in [-0.25, -0.2) is 4.79 Å². The minimum absolute atomic E-state index is 0.270. The van der Waals surface area contributed by atoms with Crippen LogP contribution in [0.15, 0.2) is 0 Å². The van der Waals surface area contributed by atoms with E-state index in [2.05, 4.69) is 5.32 Å². The van der Waals surface area contributed by atoms with Crippen LogP contribution in [0.3, 0.4) is 0 Å². The van der Waals surface area contributed by atoms with Gasteiger partial charge in [0.05, 0.1) is 6.42 Å². The number of aliphatic carboxylic acids is 1. The number of nitrogens with one attached hydrogen (secondary N) is 1. The average Bonchev–Trinajstić information content (AvgIpc) is 2.48. The molecule has 0 aliphatic rings. The second-order valence-electron chi connectivity index (χ2n) is 5.56. The minimum atomic E-state index is -1.25. The summed E-state index contributed by atoms with van der Waals surface area (Å²) in [7, 11) is 0. The van der Waals surface area contributed by atoms with Crippen molar-refractivity contribution in [2.45, 2.75) is 83.6 Å². The first-order valence-corrected chi connectivity index (χ1v) is 8.07. The number of carbonyl (C=O) groups excluding carboxylic acids is 2. The van der Waals surface area contributed by atoms with Crippen molar-refractivity contribution in [3.8, 4) is 0 Å². The van der Waals surface area contributed by atoms with Crippen LogP contribution in [0.25, 0.3) is 0 Å². The molecule has 0 aliphatic carbocycles. The standard InChI is InChI=1S/C16H30N2O4/c1-2-3-4-5-6-7-8-9-10-11-15(20)18-13(16(21)22)12-14(17)19/h13H,2-12H2,1H3,(H2,17,19)(H,18,20)(H,21,22)/t13-/m0/s1/i1D. The van der Waals surface area contributed by atoms with Crippen LogP contribution in [0, 0.1) is 0 Å². The molecule has 0 rings (SSSR count). The third-order valence-electron chi connectivity index (χ3n) is 3.44. The summed E-state index contributed by atoms with van der Waals surface area (Å²) in [4.78, 5) is 33.3. The highest BCUT2D eigenvalue weighted by molar-refractivity contribution is 5.88. The summed E-state index contributed by atoms with van der Waals surface area (Å²) in [6.45, 7) is 0.518. The van der Waals surface area contributed by atoms with Crippen LogP contribution < -0.4 is 11.1 Å². The molecule has 0 aromatic heterocycles. The highest BCUT2D eigenvalue weighted by Crippen LogP contribution is 2.10. The van der Waals surface area contributed by atoms with Crippen molar-refractivity contribution in [1.29, 1.82) is 0 Å². The molecule has 128 valence electrons. The summed E-state index contributed by atoms with van der Waals surface area (Å²) >= 11 is 0. The zero-order chi connectivity index (χ0) is 17.5. The van der Waals surface area contributed by atoms with Crippen molar-refractivity contribution in [2.24, 2.45) is 5.73 Å². The molecule has 0 saturated carbocycles. The normalized spacial score (nSPS) is 12.5. The Morgan fingerprint density at radius 3 is 2.09 bits per heavy atom. The third-order valence-corrected chi connectivity index (χ3v) is 3.44. The maximum Gasteiger partial charge on any atom is 0.326 e. The van der Waals surface area contributed by atoms with Crippen LogP contribution in [-0.4, -0.2) is 28.9 Å². The molecule has 0 aliphatic heterocycles. The molecule has 0 aromatic rings. The summed E-state index contributed by atoms with van der Waals surface area (Å²) in [5.41, 5.74) is 4.95. The van der Waals surface area contributed by atoms with Gasteiger partial charge >= 0.3 is 5.97 Å². The Morgan fingerprint density at radius 2 is 1.59 bits per heavy atom. The van der Waals surface area contributed by atoms with Crippen LogP contribution in [0.1, 0.15) is 78.9 Å². The Labute approximate surface area is 134 Å². The van der Waals surface area contributed by atoms with E-state index in [1.165, 1.54) is 19.3 Å². The quantitative estimate of drug-likeness (QED) is 0.427. The first-order valence-electron chi connectivity index (χ1n) is 8.77. The number of unbranched alkanes of at least 4 members (excludes halogenated alkanes) is 8. The summed E-state index contributed by atoms with van der Waals surface area (Å²) in [6, 6.07) is -1.23. The fraction of sp³-hybridized carbons (Fsp3) is 0.812. The Balaban J connectivity index is 3.59. The van der Waals surface area contributed by atoms with E-state index in [4.69, 9.17) is 12.2 Å². The number of amides is 2. The van der Waals surface area contributed by atoms with Crippen LogP contribution in [0.5, 0.6) is 0 Å². The molecule has 1 atom stereocenters. The fourth-order valence-corrected chi connectivity index (χ4v) is 2.19. The molecular weight excluding hydrogens is 284 g/mol. The summed E-state index contributed by atoms with van der Waals surface area (Å²) < 4.78 is 7.04. The first-order chi connectivity index (χ1) is 11.0.